The van der Waals surface area contributed by atoms with Gasteiger partial charge in [-0.3, -0.25) is 4.79 Å². The van der Waals surface area contributed by atoms with Crippen LogP contribution in [0.5, 0.6) is 5.88 Å². The van der Waals surface area contributed by atoms with Crippen LogP contribution in [0.2, 0.25) is 0 Å². The number of aliphatic hydroxyl groups is 3. The molecular formula is C13H19N3O6. The number of nitrogens with one attached hydrogen (secondary N) is 1. The average molecular weight is 313 g/mol. The van der Waals surface area contributed by atoms with Gasteiger partial charge in [-0.05, 0) is 6.07 Å². The van der Waals surface area contributed by atoms with E-state index in [1.807, 2.05) is 0 Å². The largest absolute Gasteiger partial charge is 0.481 e. The van der Waals surface area contributed by atoms with E-state index in [1.165, 1.54) is 19.2 Å². The van der Waals surface area contributed by atoms with Gasteiger partial charge in [0.2, 0.25) is 11.8 Å². The lowest BCUT2D eigenvalue weighted by molar-refractivity contribution is -0.152. The van der Waals surface area contributed by atoms with Gasteiger partial charge in [0.25, 0.3) is 0 Å². The molecule has 6 N–H and O–H groups in total. The molecule has 1 aliphatic rings. The molecule has 0 unspecified atom stereocenters. The fourth-order valence-corrected chi connectivity index (χ4v) is 2.19. The summed E-state index contributed by atoms with van der Waals surface area (Å²) in [4.78, 5) is 15.4. The van der Waals surface area contributed by atoms with Gasteiger partial charge in [0.15, 0.2) is 0 Å². The van der Waals surface area contributed by atoms with Crippen LogP contribution in [0.1, 0.15) is 10.4 Å². The lowest BCUT2D eigenvalue weighted by atomic mass is 9.98. The van der Waals surface area contributed by atoms with E-state index in [4.69, 9.17) is 20.3 Å². The molecular weight excluding hydrogens is 294 g/mol. The summed E-state index contributed by atoms with van der Waals surface area (Å²) in [7, 11) is 1.39. The number of aliphatic hydroxyl groups excluding tert-OH is 3. The molecule has 0 bridgehead atoms. The van der Waals surface area contributed by atoms with E-state index in [1.54, 1.807) is 0 Å². The molecule has 0 saturated carbocycles. The minimum absolute atomic E-state index is 0.0498. The Morgan fingerprint density at radius 2 is 2.23 bits per heavy atom. The van der Waals surface area contributed by atoms with Gasteiger partial charge in [0.1, 0.15) is 24.1 Å². The first-order chi connectivity index (χ1) is 10.5. The van der Waals surface area contributed by atoms with E-state index >= 15 is 0 Å². The number of anilines is 1. The van der Waals surface area contributed by atoms with Gasteiger partial charge in [-0.1, -0.05) is 0 Å². The number of methoxy groups -OCH3 is 1. The third-order valence-electron chi connectivity index (χ3n) is 3.44. The number of aromatic nitrogens is 1. The average Bonchev–Trinajstić information content (AvgIpc) is 2.51. The van der Waals surface area contributed by atoms with Crippen molar-refractivity contribution < 1.29 is 29.6 Å². The molecule has 4 atom stereocenters. The van der Waals surface area contributed by atoms with Gasteiger partial charge < -0.3 is 35.8 Å². The standard InChI is InChI=1S/C13H19N3O6/c1-21-10-3-6(13(14)20)2-9(16-10)15-7-5-22-8(4-17)12(19)11(7)18/h2-3,7-8,11-12,17-19H,4-5H2,1H3,(H2,14,20)(H,15,16)/t7-,8+,11+,12-/m0/s1. The van der Waals surface area contributed by atoms with Gasteiger partial charge >= 0.3 is 0 Å². The number of hydrogen-bond acceptors (Lipinski definition) is 8. The van der Waals surface area contributed by atoms with Crippen LogP contribution in [0.4, 0.5) is 5.82 Å². The van der Waals surface area contributed by atoms with Crippen molar-refractivity contribution in [1.29, 1.82) is 0 Å². The molecule has 122 valence electrons. The molecule has 0 aromatic carbocycles. The van der Waals surface area contributed by atoms with Crippen molar-refractivity contribution in [3.05, 3.63) is 17.7 Å². The Labute approximate surface area is 126 Å². The van der Waals surface area contributed by atoms with Gasteiger partial charge in [0, 0.05) is 11.6 Å². The first-order valence-electron chi connectivity index (χ1n) is 6.67. The molecule has 22 heavy (non-hydrogen) atoms. The summed E-state index contributed by atoms with van der Waals surface area (Å²) in [6.07, 6.45) is -3.25. The summed E-state index contributed by atoms with van der Waals surface area (Å²) < 4.78 is 10.2. The molecule has 1 aromatic rings. The van der Waals surface area contributed by atoms with Gasteiger partial charge in [0.05, 0.1) is 26.4 Å². The minimum atomic E-state index is -1.24. The maximum absolute atomic E-state index is 11.3. The van der Waals surface area contributed by atoms with Crippen LogP contribution in [0.3, 0.4) is 0 Å². The topological polar surface area (TPSA) is 147 Å². The Bertz CT molecular complexity index is 541. The lowest BCUT2D eigenvalue weighted by Crippen LogP contribution is -2.56. The summed E-state index contributed by atoms with van der Waals surface area (Å²) in [6, 6.07) is 2.12. The monoisotopic (exact) mass is 313 g/mol. The molecule has 1 saturated heterocycles. The molecule has 1 aromatic heterocycles. The zero-order chi connectivity index (χ0) is 16.3. The predicted molar refractivity (Wildman–Crippen MR) is 75.6 cm³/mol. The maximum Gasteiger partial charge on any atom is 0.249 e. The van der Waals surface area contributed by atoms with Gasteiger partial charge in [-0.15, -0.1) is 0 Å². The Kier molecular flexibility index (Phi) is 5.14. The summed E-state index contributed by atoms with van der Waals surface area (Å²) in [6.45, 7) is -0.345. The molecule has 2 rings (SSSR count). The SMILES string of the molecule is COc1cc(C(N)=O)cc(N[C@H]2CO[C@H](CO)[C@H](O)[C@@H]2O)n1. The third-order valence-corrected chi connectivity index (χ3v) is 3.44. The molecule has 0 spiro atoms. The number of hydrogen-bond donors (Lipinski definition) is 5. The Morgan fingerprint density at radius 1 is 1.50 bits per heavy atom. The molecule has 1 amide bonds. The molecule has 2 heterocycles. The van der Waals surface area contributed by atoms with E-state index in [0.29, 0.717) is 0 Å². The molecule has 0 radical (unpaired) electrons. The molecule has 0 aliphatic carbocycles. The van der Waals surface area contributed by atoms with Crippen LogP contribution in [0.15, 0.2) is 12.1 Å². The van der Waals surface area contributed by atoms with Crippen molar-refractivity contribution >= 4 is 11.7 Å². The van der Waals surface area contributed by atoms with E-state index < -0.39 is 36.9 Å². The van der Waals surface area contributed by atoms with Crippen LogP contribution in [0.25, 0.3) is 0 Å². The van der Waals surface area contributed by atoms with Crippen molar-refractivity contribution in [3.8, 4) is 5.88 Å². The van der Waals surface area contributed by atoms with Crippen molar-refractivity contribution in [2.45, 2.75) is 24.4 Å². The highest BCUT2D eigenvalue weighted by molar-refractivity contribution is 5.93. The number of primary amides is 1. The predicted octanol–water partition coefficient (Wildman–Crippen LogP) is -1.92. The second-order valence-electron chi connectivity index (χ2n) is 4.93. The van der Waals surface area contributed by atoms with Gasteiger partial charge in [-0.25, -0.2) is 0 Å². The number of carbonyl (C=O) groups is 1. The summed E-state index contributed by atoms with van der Waals surface area (Å²) in [5, 5.41) is 31.8. The van der Waals surface area contributed by atoms with Crippen molar-refractivity contribution in [1.82, 2.24) is 4.98 Å². The first-order valence-corrected chi connectivity index (χ1v) is 6.67. The fourth-order valence-electron chi connectivity index (χ4n) is 2.19. The normalized spacial score (nSPS) is 28.2. The highest BCUT2D eigenvalue weighted by atomic mass is 16.5. The Hall–Kier alpha value is -1.94. The summed E-state index contributed by atoms with van der Waals surface area (Å²) in [5.41, 5.74) is 5.42. The number of nitrogens with zero attached hydrogens (tertiary/aromatic N) is 1. The second-order valence-corrected chi connectivity index (χ2v) is 4.93. The Balaban J connectivity index is 2.16. The number of amides is 1. The number of ether oxygens (including phenoxy) is 2. The minimum Gasteiger partial charge on any atom is -0.481 e. The first kappa shape index (κ1) is 16.4. The third kappa shape index (κ3) is 3.45. The number of nitrogens with two attached hydrogens (primary N) is 1. The van der Waals surface area contributed by atoms with Crippen LogP contribution in [0, 0.1) is 0 Å². The highest BCUT2D eigenvalue weighted by Gasteiger charge is 2.38. The highest BCUT2D eigenvalue weighted by Crippen LogP contribution is 2.21. The quantitative estimate of drug-likeness (QED) is 0.423. The maximum atomic E-state index is 11.3. The van der Waals surface area contributed by atoms with Crippen molar-refractivity contribution in [2.24, 2.45) is 5.73 Å². The van der Waals surface area contributed by atoms with E-state index in [9.17, 15) is 15.0 Å². The zero-order valence-corrected chi connectivity index (χ0v) is 12.0. The number of pyridine rings is 1. The van der Waals surface area contributed by atoms with Crippen molar-refractivity contribution in [3.63, 3.8) is 0 Å². The lowest BCUT2D eigenvalue weighted by Gasteiger charge is -2.37. The van der Waals surface area contributed by atoms with Crippen molar-refractivity contribution in [2.75, 3.05) is 25.6 Å². The summed E-state index contributed by atoms with van der Waals surface area (Å²) in [5.74, 6) is -0.223. The Morgan fingerprint density at radius 3 is 2.82 bits per heavy atom. The zero-order valence-electron chi connectivity index (χ0n) is 12.0. The fraction of sp³-hybridized carbons (Fsp3) is 0.538. The number of carbonyl (C=O) groups excluding carboxylic acids is 1. The van der Waals surface area contributed by atoms with E-state index in [2.05, 4.69) is 10.3 Å². The van der Waals surface area contributed by atoms with Crippen LogP contribution in [-0.4, -0.2) is 70.9 Å². The molecule has 1 fully saturated rings. The van der Waals surface area contributed by atoms with E-state index in [0.717, 1.165) is 0 Å². The summed E-state index contributed by atoms with van der Waals surface area (Å²) >= 11 is 0. The smallest absolute Gasteiger partial charge is 0.249 e. The van der Waals surface area contributed by atoms with Crippen LogP contribution in [-0.2, 0) is 4.74 Å². The molecule has 9 heteroatoms. The van der Waals surface area contributed by atoms with Crippen LogP contribution < -0.4 is 15.8 Å². The van der Waals surface area contributed by atoms with Crippen LogP contribution >= 0.6 is 0 Å². The van der Waals surface area contributed by atoms with Gasteiger partial charge in [-0.2, -0.15) is 4.98 Å². The second kappa shape index (κ2) is 6.88. The van der Waals surface area contributed by atoms with E-state index in [-0.39, 0.29) is 23.9 Å². The molecule has 1 aliphatic heterocycles. The molecule has 9 nitrogen and oxygen atoms in total. The number of rotatable bonds is 5.